The fourth-order valence-corrected chi connectivity index (χ4v) is 3.05. The fraction of sp³-hybridized carbons (Fsp3) is 0.500. The van der Waals surface area contributed by atoms with Crippen molar-refractivity contribution in [3.8, 4) is 0 Å². The predicted molar refractivity (Wildman–Crippen MR) is 107 cm³/mol. The molecule has 142 valence electrons. The summed E-state index contributed by atoms with van der Waals surface area (Å²) in [6, 6.07) is 9.10. The van der Waals surface area contributed by atoms with Gasteiger partial charge in [-0.05, 0) is 58.0 Å². The third-order valence-corrected chi connectivity index (χ3v) is 4.10. The molecule has 0 saturated carbocycles. The minimum absolute atomic E-state index is 0.166. The number of hydrogen-bond acceptors (Lipinski definition) is 3. The number of urea groups is 1. The van der Waals surface area contributed by atoms with Crippen LogP contribution in [0, 0.1) is 5.92 Å². The number of nitrogens with zero attached hydrogens (tertiary/aromatic N) is 1. The summed E-state index contributed by atoms with van der Waals surface area (Å²) < 4.78 is 0. The van der Waals surface area contributed by atoms with Crippen LogP contribution in [0.25, 0.3) is 0 Å². The van der Waals surface area contributed by atoms with E-state index < -0.39 is 0 Å². The topological polar surface area (TPSA) is 85.5 Å². The maximum atomic E-state index is 12.4. The second kappa shape index (κ2) is 8.84. The van der Waals surface area contributed by atoms with E-state index in [1.54, 1.807) is 4.90 Å². The van der Waals surface area contributed by atoms with Crippen molar-refractivity contribution in [3.05, 3.63) is 30.3 Å². The predicted octanol–water partition coefficient (Wildman–Crippen LogP) is 2.22. The van der Waals surface area contributed by atoms with Crippen LogP contribution < -0.4 is 21.5 Å². The van der Waals surface area contributed by atoms with Gasteiger partial charge in [0.15, 0.2) is 5.11 Å². The molecule has 1 aliphatic rings. The second-order valence-corrected chi connectivity index (χ2v) is 7.81. The van der Waals surface area contributed by atoms with Gasteiger partial charge in [-0.15, -0.1) is 0 Å². The second-order valence-electron chi connectivity index (χ2n) is 7.40. The zero-order valence-corrected chi connectivity index (χ0v) is 16.3. The number of benzene rings is 1. The van der Waals surface area contributed by atoms with Crippen LogP contribution in [0.2, 0.25) is 0 Å². The lowest BCUT2D eigenvalue weighted by Gasteiger charge is -2.32. The van der Waals surface area contributed by atoms with Crippen molar-refractivity contribution in [2.75, 3.05) is 18.4 Å². The zero-order chi connectivity index (χ0) is 19.2. The third kappa shape index (κ3) is 6.51. The molecule has 1 fully saturated rings. The zero-order valence-electron chi connectivity index (χ0n) is 15.5. The summed E-state index contributed by atoms with van der Waals surface area (Å²) in [4.78, 5) is 26.4. The standard InChI is InChI=1S/C18H27N5O2S/c1-18(2,3)20-16(26)22-21-15(24)13-8-7-11-23(12-13)17(25)19-14-9-5-4-6-10-14/h4-6,9-10,13H,7-8,11-12H2,1-3H3,(H,19,25)(H,21,24)(H2,20,22,26)/t13-/m1/s1. The summed E-state index contributed by atoms with van der Waals surface area (Å²) in [5, 5.41) is 6.28. The molecular formula is C18H27N5O2S. The summed E-state index contributed by atoms with van der Waals surface area (Å²) in [7, 11) is 0. The Labute approximate surface area is 159 Å². The number of para-hydroxylation sites is 1. The van der Waals surface area contributed by atoms with Gasteiger partial charge in [0.2, 0.25) is 5.91 Å². The fourth-order valence-electron chi connectivity index (χ4n) is 2.69. The van der Waals surface area contributed by atoms with E-state index >= 15 is 0 Å². The highest BCUT2D eigenvalue weighted by Crippen LogP contribution is 2.18. The van der Waals surface area contributed by atoms with E-state index in [0.717, 1.165) is 18.5 Å². The lowest BCUT2D eigenvalue weighted by atomic mass is 9.98. The van der Waals surface area contributed by atoms with E-state index in [4.69, 9.17) is 12.2 Å². The number of carbonyl (C=O) groups excluding carboxylic acids is 2. The highest BCUT2D eigenvalue weighted by atomic mass is 32.1. The van der Waals surface area contributed by atoms with E-state index in [1.807, 2.05) is 51.1 Å². The van der Waals surface area contributed by atoms with Gasteiger partial charge in [0, 0.05) is 24.3 Å². The van der Waals surface area contributed by atoms with Crippen LogP contribution in [0.15, 0.2) is 30.3 Å². The molecule has 2 rings (SSSR count). The number of hydrogen-bond donors (Lipinski definition) is 4. The van der Waals surface area contributed by atoms with E-state index in [1.165, 1.54) is 0 Å². The van der Waals surface area contributed by atoms with Crippen LogP contribution in [0.1, 0.15) is 33.6 Å². The first-order valence-corrected chi connectivity index (χ1v) is 9.14. The number of hydrazine groups is 1. The van der Waals surface area contributed by atoms with E-state index in [2.05, 4.69) is 21.5 Å². The van der Waals surface area contributed by atoms with Gasteiger partial charge < -0.3 is 15.5 Å². The molecule has 1 aromatic carbocycles. The Morgan fingerprint density at radius 1 is 1.15 bits per heavy atom. The minimum Gasteiger partial charge on any atom is -0.357 e. The average Bonchev–Trinajstić information content (AvgIpc) is 2.59. The van der Waals surface area contributed by atoms with E-state index in [-0.39, 0.29) is 23.4 Å². The number of piperidine rings is 1. The van der Waals surface area contributed by atoms with Crippen molar-refractivity contribution in [2.24, 2.45) is 5.92 Å². The van der Waals surface area contributed by atoms with Gasteiger partial charge in [0.25, 0.3) is 0 Å². The van der Waals surface area contributed by atoms with Crippen LogP contribution in [0.3, 0.4) is 0 Å². The van der Waals surface area contributed by atoms with Crippen LogP contribution in [-0.2, 0) is 4.79 Å². The summed E-state index contributed by atoms with van der Waals surface area (Å²) in [5.74, 6) is -0.435. The van der Waals surface area contributed by atoms with Crippen molar-refractivity contribution in [3.63, 3.8) is 0 Å². The highest BCUT2D eigenvalue weighted by Gasteiger charge is 2.28. The molecule has 0 bridgehead atoms. The van der Waals surface area contributed by atoms with Crippen molar-refractivity contribution < 1.29 is 9.59 Å². The van der Waals surface area contributed by atoms with Gasteiger partial charge in [-0.2, -0.15) is 0 Å². The molecule has 1 aromatic rings. The molecule has 0 radical (unpaired) electrons. The number of rotatable bonds is 2. The SMILES string of the molecule is CC(C)(C)NC(=S)NNC(=O)[C@@H]1CCCN(C(=O)Nc2ccccc2)C1. The van der Waals surface area contributed by atoms with Crippen LogP contribution in [-0.4, -0.2) is 40.6 Å². The molecule has 1 heterocycles. The molecular weight excluding hydrogens is 350 g/mol. The monoisotopic (exact) mass is 377 g/mol. The van der Waals surface area contributed by atoms with Crippen molar-refractivity contribution in [1.29, 1.82) is 0 Å². The first-order chi connectivity index (χ1) is 12.2. The Morgan fingerprint density at radius 2 is 1.85 bits per heavy atom. The molecule has 1 aliphatic heterocycles. The maximum Gasteiger partial charge on any atom is 0.321 e. The summed E-state index contributed by atoms with van der Waals surface area (Å²) in [6.45, 7) is 6.96. The smallest absolute Gasteiger partial charge is 0.321 e. The minimum atomic E-state index is -0.268. The number of amides is 3. The molecule has 3 amide bonds. The van der Waals surface area contributed by atoms with Crippen LogP contribution in [0.5, 0.6) is 0 Å². The van der Waals surface area contributed by atoms with Gasteiger partial charge in [-0.25, -0.2) is 4.79 Å². The van der Waals surface area contributed by atoms with E-state index in [0.29, 0.717) is 18.2 Å². The summed E-state index contributed by atoms with van der Waals surface area (Å²) >= 11 is 5.15. The Morgan fingerprint density at radius 3 is 2.50 bits per heavy atom. The van der Waals surface area contributed by atoms with Gasteiger partial charge in [-0.1, -0.05) is 18.2 Å². The van der Waals surface area contributed by atoms with Crippen molar-refractivity contribution in [1.82, 2.24) is 21.1 Å². The number of nitrogens with one attached hydrogen (secondary N) is 4. The van der Waals surface area contributed by atoms with Crippen LogP contribution in [0.4, 0.5) is 10.5 Å². The molecule has 0 aliphatic carbocycles. The Kier molecular flexibility index (Phi) is 6.79. The molecule has 7 nitrogen and oxygen atoms in total. The number of likely N-dealkylation sites (tertiary alicyclic amines) is 1. The van der Waals surface area contributed by atoms with Gasteiger partial charge in [-0.3, -0.25) is 15.6 Å². The Bertz CT molecular complexity index is 645. The quantitative estimate of drug-likeness (QED) is 0.469. The number of anilines is 1. The molecule has 0 aromatic heterocycles. The molecule has 4 N–H and O–H groups in total. The average molecular weight is 378 g/mol. The lowest BCUT2D eigenvalue weighted by Crippen LogP contribution is -2.55. The first kappa shape index (κ1) is 20.0. The number of thiocarbonyl (C=S) groups is 1. The van der Waals surface area contributed by atoms with Gasteiger partial charge in [0.1, 0.15) is 0 Å². The van der Waals surface area contributed by atoms with E-state index in [9.17, 15) is 9.59 Å². The largest absolute Gasteiger partial charge is 0.357 e. The first-order valence-electron chi connectivity index (χ1n) is 8.73. The molecule has 0 unspecified atom stereocenters. The van der Waals surface area contributed by atoms with Gasteiger partial charge in [0.05, 0.1) is 5.92 Å². The molecule has 1 atom stereocenters. The molecule has 8 heteroatoms. The maximum absolute atomic E-state index is 12.4. The Hall–Kier alpha value is -2.35. The third-order valence-electron chi connectivity index (χ3n) is 3.89. The van der Waals surface area contributed by atoms with Gasteiger partial charge >= 0.3 is 6.03 Å². The molecule has 0 spiro atoms. The Balaban J connectivity index is 1.82. The van der Waals surface area contributed by atoms with Crippen LogP contribution >= 0.6 is 12.2 Å². The normalized spacial score (nSPS) is 17.2. The van der Waals surface area contributed by atoms with Crippen molar-refractivity contribution in [2.45, 2.75) is 39.2 Å². The van der Waals surface area contributed by atoms with Crippen molar-refractivity contribution >= 4 is 35.0 Å². The summed E-state index contributed by atoms with van der Waals surface area (Å²) in [5.41, 5.74) is 5.91. The molecule has 26 heavy (non-hydrogen) atoms. The highest BCUT2D eigenvalue weighted by molar-refractivity contribution is 7.80. The summed E-state index contributed by atoms with van der Waals surface area (Å²) in [6.07, 6.45) is 1.52. The lowest BCUT2D eigenvalue weighted by molar-refractivity contribution is -0.126. The number of carbonyl (C=O) groups is 2. The molecule has 1 saturated heterocycles.